The second-order valence-electron chi connectivity index (χ2n) is 7.55. The third-order valence-corrected chi connectivity index (χ3v) is 6.25. The van der Waals surface area contributed by atoms with Crippen LogP contribution in [0.3, 0.4) is 0 Å². The van der Waals surface area contributed by atoms with Crippen LogP contribution in [0, 0.1) is 23.2 Å². The lowest BCUT2D eigenvalue weighted by atomic mass is 9.62. The van der Waals surface area contributed by atoms with Gasteiger partial charge in [0, 0.05) is 11.5 Å². The molecule has 3 heteroatoms. The molecule has 3 aliphatic carbocycles. The maximum Gasteiger partial charge on any atom is 0.134 e. The monoisotopic (exact) mass is 335 g/mol. The summed E-state index contributed by atoms with van der Waals surface area (Å²) in [5, 5.41) is 19.2. The third kappa shape index (κ3) is 2.74. The average Bonchev–Trinajstić information content (AvgIpc) is 2.63. The molecule has 2 unspecified atom stereocenters. The SMILES string of the molecule is COC(=C1C2CCCC1C1=C(CCCC1)C2)c1ccc(C#N)c(O)c1. The van der Waals surface area contributed by atoms with E-state index >= 15 is 0 Å². The van der Waals surface area contributed by atoms with Gasteiger partial charge in [0.05, 0.1) is 12.7 Å². The van der Waals surface area contributed by atoms with Gasteiger partial charge in [-0.2, -0.15) is 5.26 Å². The zero-order valence-electron chi connectivity index (χ0n) is 14.8. The number of ether oxygens (including phenoxy) is 1. The Kier molecular flexibility index (Phi) is 4.29. The van der Waals surface area contributed by atoms with Crippen LogP contribution in [0.2, 0.25) is 0 Å². The highest BCUT2D eigenvalue weighted by molar-refractivity contribution is 5.68. The number of phenols is 1. The smallest absolute Gasteiger partial charge is 0.134 e. The van der Waals surface area contributed by atoms with Crippen LogP contribution in [0.4, 0.5) is 0 Å². The van der Waals surface area contributed by atoms with Gasteiger partial charge in [-0.05, 0) is 74.6 Å². The molecule has 2 atom stereocenters. The van der Waals surface area contributed by atoms with Crippen molar-refractivity contribution in [2.45, 2.75) is 51.4 Å². The van der Waals surface area contributed by atoms with Crippen LogP contribution < -0.4 is 0 Å². The highest BCUT2D eigenvalue weighted by atomic mass is 16.5. The predicted molar refractivity (Wildman–Crippen MR) is 97.7 cm³/mol. The largest absolute Gasteiger partial charge is 0.507 e. The molecule has 3 nitrogen and oxygen atoms in total. The van der Waals surface area contributed by atoms with Gasteiger partial charge in [-0.15, -0.1) is 0 Å². The van der Waals surface area contributed by atoms with Crippen molar-refractivity contribution >= 4 is 5.76 Å². The van der Waals surface area contributed by atoms with E-state index in [-0.39, 0.29) is 5.75 Å². The number of nitriles is 1. The van der Waals surface area contributed by atoms with Crippen molar-refractivity contribution in [1.29, 1.82) is 5.26 Å². The number of methoxy groups -OCH3 is 1. The van der Waals surface area contributed by atoms with Gasteiger partial charge in [0.1, 0.15) is 17.6 Å². The summed E-state index contributed by atoms with van der Waals surface area (Å²) in [6, 6.07) is 7.30. The number of nitrogens with zero attached hydrogens (tertiary/aromatic N) is 1. The van der Waals surface area contributed by atoms with Gasteiger partial charge >= 0.3 is 0 Å². The topological polar surface area (TPSA) is 53.2 Å². The molecular formula is C22H25NO2. The Morgan fingerprint density at radius 2 is 2.04 bits per heavy atom. The van der Waals surface area contributed by atoms with E-state index in [0.29, 0.717) is 17.4 Å². The summed E-state index contributed by atoms with van der Waals surface area (Å²) in [6.07, 6.45) is 10.1. The number of benzene rings is 1. The summed E-state index contributed by atoms with van der Waals surface area (Å²) in [6.45, 7) is 0. The van der Waals surface area contributed by atoms with Gasteiger partial charge in [-0.1, -0.05) is 17.6 Å². The standard InChI is InChI=1S/C22H25NO2/c1-25-22(16-9-10-17(13-23)20(24)12-16)21-15-6-4-8-19(21)18-7-3-2-5-14(18)11-15/h9-10,12,15,19,24H,2-8,11H2,1H3. The van der Waals surface area contributed by atoms with E-state index in [9.17, 15) is 5.11 Å². The van der Waals surface area contributed by atoms with Gasteiger partial charge in [0.2, 0.25) is 0 Å². The van der Waals surface area contributed by atoms with Crippen molar-refractivity contribution in [3.8, 4) is 11.8 Å². The first kappa shape index (κ1) is 16.3. The van der Waals surface area contributed by atoms with Crippen molar-refractivity contribution in [3.63, 3.8) is 0 Å². The Labute approximate surface area is 149 Å². The fourth-order valence-corrected chi connectivity index (χ4v) is 5.19. The molecule has 2 bridgehead atoms. The first-order valence-electron chi connectivity index (χ1n) is 9.45. The van der Waals surface area contributed by atoms with E-state index in [1.165, 1.54) is 56.9 Å². The number of allylic oxidation sites excluding steroid dienone is 3. The second-order valence-corrected chi connectivity index (χ2v) is 7.55. The Morgan fingerprint density at radius 3 is 2.80 bits per heavy atom. The lowest BCUT2D eigenvalue weighted by molar-refractivity contribution is 0.311. The molecule has 25 heavy (non-hydrogen) atoms. The molecule has 0 radical (unpaired) electrons. The molecule has 3 aliphatic rings. The molecule has 1 aromatic carbocycles. The van der Waals surface area contributed by atoms with Gasteiger partial charge in [0.25, 0.3) is 0 Å². The molecule has 0 aromatic heterocycles. The number of aromatic hydroxyl groups is 1. The fourth-order valence-electron chi connectivity index (χ4n) is 5.19. The molecule has 1 aromatic rings. The van der Waals surface area contributed by atoms with Crippen molar-refractivity contribution in [2.75, 3.05) is 7.11 Å². The van der Waals surface area contributed by atoms with E-state index in [0.717, 1.165) is 11.3 Å². The Hall–Kier alpha value is -2.21. The molecule has 0 amide bonds. The molecule has 0 aliphatic heterocycles. The molecule has 1 N–H and O–H groups in total. The van der Waals surface area contributed by atoms with Crippen LogP contribution in [0.5, 0.6) is 5.75 Å². The maximum atomic E-state index is 10.1. The van der Waals surface area contributed by atoms with Crippen molar-refractivity contribution in [3.05, 3.63) is 46.0 Å². The zero-order valence-corrected chi connectivity index (χ0v) is 14.8. The number of phenolic OH excluding ortho intramolecular Hbond substituents is 1. The van der Waals surface area contributed by atoms with Crippen LogP contribution in [0.25, 0.3) is 5.76 Å². The lowest BCUT2D eigenvalue weighted by Crippen LogP contribution is -2.30. The normalized spacial score (nSPS) is 27.4. The fraction of sp³-hybridized carbons (Fsp3) is 0.500. The first-order valence-corrected chi connectivity index (χ1v) is 9.45. The maximum absolute atomic E-state index is 10.1. The Bertz CT molecular complexity index is 797. The molecular weight excluding hydrogens is 310 g/mol. The van der Waals surface area contributed by atoms with E-state index in [4.69, 9.17) is 10.00 Å². The minimum absolute atomic E-state index is 0.0358. The quantitative estimate of drug-likeness (QED) is 0.588. The Balaban J connectivity index is 1.83. The molecule has 4 rings (SSSR count). The summed E-state index contributed by atoms with van der Waals surface area (Å²) in [7, 11) is 1.73. The summed E-state index contributed by atoms with van der Waals surface area (Å²) in [4.78, 5) is 0. The summed E-state index contributed by atoms with van der Waals surface area (Å²) in [5.74, 6) is 2.05. The van der Waals surface area contributed by atoms with Crippen molar-refractivity contribution < 1.29 is 9.84 Å². The molecule has 0 heterocycles. The molecule has 0 saturated heterocycles. The average molecular weight is 335 g/mol. The van der Waals surface area contributed by atoms with E-state index in [1.54, 1.807) is 30.4 Å². The molecule has 0 spiro atoms. The highest BCUT2D eigenvalue weighted by Crippen LogP contribution is 2.53. The molecule has 1 saturated carbocycles. The number of fused-ring (bicyclic) bond motifs is 3. The summed E-state index contributed by atoms with van der Waals surface area (Å²) >= 11 is 0. The van der Waals surface area contributed by atoms with Gasteiger partial charge < -0.3 is 9.84 Å². The van der Waals surface area contributed by atoms with Gasteiger partial charge in [0.15, 0.2) is 0 Å². The summed E-state index contributed by atoms with van der Waals surface area (Å²) in [5.41, 5.74) is 6.06. The van der Waals surface area contributed by atoms with E-state index in [2.05, 4.69) is 0 Å². The highest BCUT2D eigenvalue weighted by Gasteiger charge is 2.39. The second kappa shape index (κ2) is 6.59. The number of rotatable bonds is 2. The molecule has 130 valence electrons. The summed E-state index contributed by atoms with van der Waals surface area (Å²) < 4.78 is 5.88. The first-order chi connectivity index (χ1) is 12.2. The van der Waals surface area contributed by atoms with Crippen LogP contribution in [-0.2, 0) is 4.74 Å². The van der Waals surface area contributed by atoms with E-state index < -0.39 is 0 Å². The van der Waals surface area contributed by atoms with Crippen LogP contribution >= 0.6 is 0 Å². The minimum Gasteiger partial charge on any atom is -0.507 e. The lowest BCUT2D eigenvalue weighted by Gasteiger charge is -2.43. The van der Waals surface area contributed by atoms with Crippen LogP contribution in [-0.4, -0.2) is 12.2 Å². The van der Waals surface area contributed by atoms with Crippen molar-refractivity contribution in [1.82, 2.24) is 0 Å². The number of hydrogen-bond acceptors (Lipinski definition) is 3. The predicted octanol–water partition coefficient (Wildman–Crippen LogP) is 5.31. The minimum atomic E-state index is 0.0358. The van der Waals surface area contributed by atoms with Crippen molar-refractivity contribution in [2.24, 2.45) is 11.8 Å². The molecule has 1 fully saturated rings. The third-order valence-electron chi connectivity index (χ3n) is 6.25. The zero-order chi connectivity index (χ0) is 17.4. The van der Waals surface area contributed by atoms with Crippen LogP contribution in [0.15, 0.2) is 34.9 Å². The van der Waals surface area contributed by atoms with Crippen LogP contribution in [0.1, 0.15) is 62.5 Å². The van der Waals surface area contributed by atoms with Gasteiger partial charge in [-0.25, -0.2) is 0 Å². The number of hydrogen-bond donors (Lipinski definition) is 1. The van der Waals surface area contributed by atoms with E-state index in [1.807, 2.05) is 12.1 Å². The Morgan fingerprint density at radius 1 is 1.20 bits per heavy atom. The van der Waals surface area contributed by atoms with Gasteiger partial charge in [-0.3, -0.25) is 0 Å².